The van der Waals surface area contributed by atoms with E-state index < -0.39 is 0 Å². The molecule has 0 bridgehead atoms. The summed E-state index contributed by atoms with van der Waals surface area (Å²) in [5.41, 5.74) is 1.90. The number of benzene rings is 1. The molecular weight excluding hydrogens is 278 g/mol. The van der Waals surface area contributed by atoms with Crippen LogP contribution in [0.25, 0.3) is 0 Å². The van der Waals surface area contributed by atoms with Crippen molar-refractivity contribution in [3.63, 3.8) is 0 Å². The Kier molecular flexibility index (Phi) is 5.69. The predicted molar refractivity (Wildman–Crippen MR) is 75.4 cm³/mol. The minimum atomic E-state index is 0.0989. The Hall–Kier alpha value is -0.830. The van der Waals surface area contributed by atoms with Crippen LogP contribution >= 0.6 is 15.9 Å². The van der Waals surface area contributed by atoms with Crippen molar-refractivity contribution < 1.29 is 4.79 Å². The molecule has 0 aromatic heterocycles. The predicted octanol–water partition coefficient (Wildman–Crippen LogP) is 4.02. The van der Waals surface area contributed by atoms with Crippen molar-refractivity contribution in [1.82, 2.24) is 4.90 Å². The van der Waals surface area contributed by atoms with Crippen molar-refractivity contribution in [3.8, 4) is 0 Å². The Morgan fingerprint density at radius 2 is 2.06 bits per heavy atom. The third kappa shape index (κ3) is 4.15. The van der Waals surface area contributed by atoms with Crippen LogP contribution in [0.5, 0.6) is 0 Å². The highest BCUT2D eigenvalue weighted by Crippen LogP contribution is 2.18. The lowest BCUT2D eigenvalue weighted by Gasteiger charge is -2.17. The number of hydrogen-bond donors (Lipinski definition) is 0. The summed E-state index contributed by atoms with van der Waals surface area (Å²) in [4.78, 5) is 13.9. The van der Waals surface area contributed by atoms with E-state index in [1.54, 1.807) is 4.90 Å². The Morgan fingerprint density at radius 3 is 2.65 bits per heavy atom. The number of nitrogens with zero attached hydrogens (tertiary/aromatic N) is 1. The summed E-state index contributed by atoms with van der Waals surface area (Å²) in [6, 6.07) is 5.75. The van der Waals surface area contributed by atoms with Crippen molar-refractivity contribution in [2.24, 2.45) is 0 Å². The average Bonchev–Trinajstić information content (AvgIpc) is 2.32. The minimum absolute atomic E-state index is 0.0989. The topological polar surface area (TPSA) is 20.3 Å². The Morgan fingerprint density at radius 1 is 1.35 bits per heavy atom. The second kappa shape index (κ2) is 6.80. The number of hydrogen-bond acceptors (Lipinski definition) is 1. The third-order valence-corrected chi connectivity index (χ3v) is 3.72. The van der Waals surface area contributed by atoms with Crippen LogP contribution in [-0.4, -0.2) is 24.4 Å². The monoisotopic (exact) mass is 297 g/mol. The largest absolute Gasteiger partial charge is 0.342 e. The highest BCUT2D eigenvalue weighted by atomic mass is 79.9. The van der Waals surface area contributed by atoms with E-state index in [1.807, 2.05) is 32.2 Å². The van der Waals surface area contributed by atoms with E-state index in [-0.39, 0.29) is 5.91 Å². The van der Waals surface area contributed by atoms with E-state index >= 15 is 0 Å². The number of rotatable bonds is 5. The SMILES string of the molecule is CCCCCN(C)C(=O)c1ccc(C)c(Br)c1. The maximum Gasteiger partial charge on any atom is 0.253 e. The summed E-state index contributed by atoms with van der Waals surface area (Å²) in [5.74, 6) is 0.0989. The molecule has 3 heteroatoms. The Balaban J connectivity index is 2.65. The van der Waals surface area contributed by atoms with E-state index in [9.17, 15) is 4.79 Å². The fourth-order valence-corrected chi connectivity index (χ4v) is 2.03. The molecule has 1 aromatic carbocycles. The number of unbranched alkanes of at least 4 members (excludes halogenated alkanes) is 2. The van der Waals surface area contributed by atoms with E-state index in [4.69, 9.17) is 0 Å². The second-order valence-electron chi connectivity index (χ2n) is 4.40. The normalized spacial score (nSPS) is 10.4. The molecule has 0 aliphatic carbocycles. The third-order valence-electron chi connectivity index (χ3n) is 2.86. The molecule has 0 aliphatic heterocycles. The second-order valence-corrected chi connectivity index (χ2v) is 5.25. The first-order valence-electron chi connectivity index (χ1n) is 6.08. The lowest BCUT2D eigenvalue weighted by molar-refractivity contribution is 0.0792. The maximum atomic E-state index is 12.1. The summed E-state index contributed by atoms with van der Waals surface area (Å²) in [5, 5.41) is 0. The zero-order valence-electron chi connectivity index (χ0n) is 10.8. The van der Waals surface area contributed by atoms with Crippen molar-refractivity contribution in [2.75, 3.05) is 13.6 Å². The molecule has 0 fully saturated rings. The van der Waals surface area contributed by atoms with Crippen molar-refractivity contribution >= 4 is 21.8 Å². The molecular formula is C14H20BrNO. The van der Waals surface area contributed by atoms with Crippen LogP contribution in [0.1, 0.15) is 42.1 Å². The van der Waals surface area contributed by atoms with Gasteiger partial charge >= 0.3 is 0 Å². The maximum absolute atomic E-state index is 12.1. The van der Waals surface area contributed by atoms with Crippen LogP contribution in [0.4, 0.5) is 0 Å². The van der Waals surface area contributed by atoms with Crippen LogP contribution < -0.4 is 0 Å². The minimum Gasteiger partial charge on any atom is -0.342 e. The quantitative estimate of drug-likeness (QED) is 0.752. The van der Waals surface area contributed by atoms with Crippen molar-refractivity contribution in [1.29, 1.82) is 0 Å². The summed E-state index contributed by atoms with van der Waals surface area (Å²) in [6.07, 6.45) is 3.43. The van der Waals surface area contributed by atoms with E-state index in [0.717, 1.165) is 28.6 Å². The molecule has 0 saturated carbocycles. The van der Waals surface area contributed by atoms with Gasteiger partial charge in [0.05, 0.1) is 0 Å². The number of carbonyl (C=O) groups is 1. The first-order chi connectivity index (χ1) is 8.06. The molecule has 0 aliphatic rings. The molecule has 0 unspecified atom stereocenters. The highest BCUT2D eigenvalue weighted by molar-refractivity contribution is 9.10. The molecule has 2 nitrogen and oxygen atoms in total. The van der Waals surface area contributed by atoms with Crippen LogP contribution in [0.15, 0.2) is 22.7 Å². The Labute approximate surface area is 112 Å². The lowest BCUT2D eigenvalue weighted by atomic mass is 10.1. The standard InChI is InChI=1S/C14H20BrNO/c1-4-5-6-9-16(3)14(17)12-8-7-11(2)13(15)10-12/h7-8,10H,4-6,9H2,1-3H3. The molecule has 17 heavy (non-hydrogen) atoms. The molecule has 1 rings (SSSR count). The summed E-state index contributed by atoms with van der Waals surface area (Å²) in [6.45, 7) is 5.01. The smallest absolute Gasteiger partial charge is 0.253 e. The molecule has 0 N–H and O–H groups in total. The van der Waals surface area contributed by atoms with Gasteiger partial charge in [0.15, 0.2) is 0 Å². The molecule has 0 heterocycles. The number of halogens is 1. The van der Waals surface area contributed by atoms with Crippen molar-refractivity contribution in [2.45, 2.75) is 33.1 Å². The fourth-order valence-electron chi connectivity index (χ4n) is 1.65. The fraction of sp³-hybridized carbons (Fsp3) is 0.500. The van der Waals surface area contributed by atoms with Gasteiger partial charge in [0, 0.05) is 23.6 Å². The van der Waals surface area contributed by atoms with Crippen molar-refractivity contribution in [3.05, 3.63) is 33.8 Å². The van der Waals surface area contributed by atoms with Gasteiger partial charge in [-0.3, -0.25) is 4.79 Å². The van der Waals surface area contributed by atoms with Crippen LogP contribution in [-0.2, 0) is 0 Å². The van der Waals surface area contributed by atoms with Gasteiger partial charge in [-0.05, 0) is 31.0 Å². The zero-order chi connectivity index (χ0) is 12.8. The summed E-state index contributed by atoms with van der Waals surface area (Å²) >= 11 is 3.46. The highest BCUT2D eigenvalue weighted by Gasteiger charge is 2.11. The number of aryl methyl sites for hydroxylation is 1. The molecule has 1 amide bonds. The molecule has 0 radical (unpaired) electrons. The number of amides is 1. The zero-order valence-corrected chi connectivity index (χ0v) is 12.4. The first kappa shape index (κ1) is 14.2. The van der Waals surface area contributed by atoms with E-state index in [2.05, 4.69) is 22.9 Å². The summed E-state index contributed by atoms with van der Waals surface area (Å²) < 4.78 is 0.991. The van der Waals surface area contributed by atoms with Gasteiger partial charge in [0.25, 0.3) is 5.91 Å². The summed E-state index contributed by atoms with van der Waals surface area (Å²) in [7, 11) is 1.87. The van der Waals surface area contributed by atoms with Gasteiger partial charge in [-0.15, -0.1) is 0 Å². The van der Waals surface area contributed by atoms with E-state index in [1.165, 1.54) is 12.8 Å². The van der Waals surface area contributed by atoms with Crippen LogP contribution in [0.2, 0.25) is 0 Å². The van der Waals surface area contributed by atoms with Gasteiger partial charge in [0.2, 0.25) is 0 Å². The van der Waals surface area contributed by atoms with E-state index in [0.29, 0.717) is 0 Å². The molecule has 94 valence electrons. The molecule has 1 aromatic rings. The average molecular weight is 298 g/mol. The molecule has 0 spiro atoms. The van der Waals surface area contributed by atoms with Gasteiger partial charge in [0.1, 0.15) is 0 Å². The van der Waals surface area contributed by atoms with Crippen LogP contribution in [0.3, 0.4) is 0 Å². The number of carbonyl (C=O) groups excluding carboxylic acids is 1. The Bertz CT molecular complexity index is 390. The van der Waals surface area contributed by atoms with Gasteiger partial charge in [-0.1, -0.05) is 41.8 Å². The lowest BCUT2D eigenvalue weighted by Crippen LogP contribution is -2.27. The van der Waals surface area contributed by atoms with Gasteiger partial charge in [-0.2, -0.15) is 0 Å². The molecule has 0 saturated heterocycles. The van der Waals surface area contributed by atoms with Gasteiger partial charge < -0.3 is 4.90 Å². The van der Waals surface area contributed by atoms with Crippen LogP contribution in [0, 0.1) is 6.92 Å². The van der Waals surface area contributed by atoms with Gasteiger partial charge in [-0.25, -0.2) is 0 Å². The first-order valence-corrected chi connectivity index (χ1v) is 6.87. The molecule has 0 atom stereocenters.